The van der Waals surface area contributed by atoms with Gasteiger partial charge in [0, 0.05) is 19.5 Å². The molecule has 3 aromatic rings. The molecule has 0 atom stereocenters. The van der Waals surface area contributed by atoms with Gasteiger partial charge in [0.25, 0.3) is 5.91 Å². The van der Waals surface area contributed by atoms with Gasteiger partial charge in [0.15, 0.2) is 5.17 Å². The SMILES string of the molecule is Cc1c(Cl)cccc1N=C1NC(=O)/C(=C\c2cc(Br)ccc2OCc2ccc(Br)cc2)S1. The zero-order chi connectivity index (χ0) is 22.7. The Morgan fingerprint density at radius 1 is 1.09 bits per heavy atom. The van der Waals surface area contributed by atoms with Crippen LogP contribution in [0.25, 0.3) is 6.08 Å². The summed E-state index contributed by atoms with van der Waals surface area (Å²) in [5.74, 6) is 0.486. The number of hydrogen-bond donors (Lipinski definition) is 1. The zero-order valence-corrected chi connectivity index (χ0v) is 21.6. The Balaban J connectivity index is 1.57. The van der Waals surface area contributed by atoms with Gasteiger partial charge in [-0.3, -0.25) is 4.79 Å². The van der Waals surface area contributed by atoms with Crippen molar-refractivity contribution in [1.82, 2.24) is 5.32 Å². The number of thioether (sulfide) groups is 1. The number of ether oxygens (including phenoxy) is 1. The van der Waals surface area contributed by atoms with Gasteiger partial charge in [-0.1, -0.05) is 61.7 Å². The first-order chi connectivity index (χ1) is 15.4. The summed E-state index contributed by atoms with van der Waals surface area (Å²) >= 11 is 14.4. The third-order valence-corrected chi connectivity index (χ3v) is 7.02. The number of amidine groups is 1. The van der Waals surface area contributed by atoms with Crippen LogP contribution in [-0.2, 0) is 11.4 Å². The van der Waals surface area contributed by atoms with Crippen LogP contribution < -0.4 is 10.1 Å². The summed E-state index contributed by atoms with van der Waals surface area (Å²) in [5.41, 5.74) is 3.44. The highest BCUT2D eigenvalue weighted by atomic mass is 79.9. The van der Waals surface area contributed by atoms with Gasteiger partial charge in [-0.2, -0.15) is 0 Å². The summed E-state index contributed by atoms with van der Waals surface area (Å²) in [6.45, 7) is 2.32. The molecule has 32 heavy (non-hydrogen) atoms. The maximum atomic E-state index is 12.6. The molecule has 1 aliphatic rings. The molecule has 3 aromatic carbocycles. The molecule has 0 aliphatic carbocycles. The Bertz CT molecular complexity index is 1240. The first kappa shape index (κ1) is 23.1. The molecule has 162 valence electrons. The van der Waals surface area contributed by atoms with Gasteiger partial charge in [-0.15, -0.1) is 0 Å². The monoisotopic (exact) mass is 590 g/mol. The van der Waals surface area contributed by atoms with Gasteiger partial charge in [0.1, 0.15) is 12.4 Å². The number of nitrogens with one attached hydrogen (secondary N) is 1. The first-order valence-electron chi connectivity index (χ1n) is 9.60. The zero-order valence-electron chi connectivity index (χ0n) is 16.9. The average molecular weight is 593 g/mol. The van der Waals surface area contributed by atoms with Crippen LogP contribution in [0.15, 0.2) is 79.5 Å². The van der Waals surface area contributed by atoms with Crippen molar-refractivity contribution >= 4 is 78.1 Å². The molecule has 1 N–H and O–H groups in total. The molecule has 1 amide bonds. The van der Waals surface area contributed by atoms with Crippen LogP contribution in [-0.4, -0.2) is 11.1 Å². The number of carbonyl (C=O) groups is 1. The Kier molecular flexibility index (Phi) is 7.40. The minimum Gasteiger partial charge on any atom is -0.488 e. The Morgan fingerprint density at radius 2 is 1.84 bits per heavy atom. The van der Waals surface area contributed by atoms with Crippen LogP contribution in [0.1, 0.15) is 16.7 Å². The smallest absolute Gasteiger partial charge is 0.264 e. The molecule has 4 nitrogen and oxygen atoms in total. The largest absolute Gasteiger partial charge is 0.488 e. The lowest BCUT2D eigenvalue weighted by molar-refractivity contribution is -0.115. The molecule has 8 heteroatoms. The number of rotatable bonds is 5. The Labute approximate surface area is 212 Å². The summed E-state index contributed by atoms with van der Waals surface area (Å²) in [6.07, 6.45) is 1.81. The second kappa shape index (κ2) is 10.3. The fraction of sp³-hybridized carbons (Fsp3) is 0.0833. The van der Waals surface area contributed by atoms with Gasteiger partial charge < -0.3 is 10.1 Å². The van der Waals surface area contributed by atoms with Crippen molar-refractivity contribution in [2.24, 2.45) is 4.99 Å². The van der Waals surface area contributed by atoms with E-state index in [0.29, 0.717) is 27.5 Å². The number of carbonyl (C=O) groups excluding carboxylic acids is 1. The molecular formula is C24H17Br2ClN2O2S. The van der Waals surface area contributed by atoms with Gasteiger partial charge in [-0.05, 0) is 78.4 Å². The molecule has 1 saturated heterocycles. The summed E-state index contributed by atoms with van der Waals surface area (Å²) < 4.78 is 7.96. The molecule has 0 spiro atoms. The van der Waals surface area contributed by atoms with Crippen molar-refractivity contribution in [3.63, 3.8) is 0 Å². The van der Waals surface area contributed by atoms with Crippen LogP contribution >= 0.6 is 55.2 Å². The lowest BCUT2D eigenvalue weighted by Crippen LogP contribution is -2.19. The Morgan fingerprint density at radius 3 is 2.62 bits per heavy atom. The van der Waals surface area contributed by atoms with Crippen LogP contribution in [0.3, 0.4) is 0 Å². The highest BCUT2D eigenvalue weighted by molar-refractivity contribution is 9.10. The summed E-state index contributed by atoms with van der Waals surface area (Å²) in [5, 5.41) is 3.97. The predicted molar refractivity (Wildman–Crippen MR) is 140 cm³/mol. The van der Waals surface area contributed by atoms with Crippen molar-refractivity contribution in [2.45, 2.75) is 13.5 Å². The van der Waals surface area contributed by atoms with E-state index in [4.69, 9.17) is 16.3 Å². The lowest BCUT2D eigenvalue weighted by Gasteiger charge is -2.10. The van der Waals surface area contributed by atoms with Gasteiger partial charge in [0.05, 0.1) is 10.6 Å². The molecule has 1 fully saturated rings. The van der Waals surface area contributed by atoms with Crippen LogP contribution in [0.4, 0.5) is 5.69 Å². The fourth-order valence-electron chi connectivity index (χ4n) is 2.95. The van der Waals surface area contributed by atoms with Crippen LogP contribution in [0.5, 0.6) is 5.75 Å². The maximum Gasteiger partial charge on any atom is 0.264 e. The number of nitrogens with zero attached hydrogens (tertiary/aromatic N) is 1. The van der Waals surface area contributed by atoms with E-state index in [9.17, 15) is 4.79 Å². The van der Waals surface area contributed by atoms with E-state index in [1.165, 1.54) is 11.8 Å². The van der Waals surface area contributed by atoms with Crippen molar-refractivity contribution in [2.75, 3.05) is 0 Å². The van der Waals surface area contributed by atoms with Gasteiger partial charge in [-0.25, -0.2) is 4.99 Å². The second-order valence-electron chi connectivity index (χ2n) is 6.96. The maximum absolute atomic E-state index is 12.6. The normalized spacial score (nSPS) is 15.9. The molecule has 0 aromatic heterocycles. The molecule has 0 bridgehead atoms. The van der Waals surface area contributed by atoms with E-state index < -0.39 is 0 Å². The molecule has 0 saturated carbocycles. The van der Waals surface area contributed by atoms with E-state index >= 15 is 0 Å². The standard InChI is InChI=1S/C24H17Br2ClN2O2S/c1-14-19(27)3-2-4-20(14)28-24-29-23(30)22(32-24)12-16-11-18(26)9-10-21(16)31-13-15-5-7-17(25)8-6-15/h2-12H,13H2,1H3,(H,28,29,30)/b22-12+. The molecule has 4 rings (SSSR count). The minimum atomic E-state index is -0.202. The summed E-state index contributed by atoms with van der Waals surface area (Å²) in [4.78, 5) is 17.7. The van der Waals surface area contributed by atoms with Gasteiger partial charge in [0.2, 0.25) is 0 Å². The number of benzene rings is 3. The minimum absolute atomic E-state index is 0.202. The lowest BCUT2D eigenvalue weighted by atomic mass is 10.2. The van der Waals surface area contributed by atoms with Crippen molar-refractivity contribution in [3.05, 3.63) is 96.2 Å². The average Bonchev–Trinajstić information content (AvgIpc) is 3.11. The molecule has 1 heterocycles. The number of halogens is 3. The van der Waals surface area contributed by atoms with E-state index in [2.05, 4.69) is 42.2 Å². The molecule has 1 aliphatic heterocycles. The summed E-state index contributed by atoms with van der Waals surface area (Å²) in [7, 11) is 0. The summed E-state index contributed by atoms with van der Waals surface area (Å²) in [6, 6.07) is 19.2. The van der Waals surface area contributed by atoms with Gasteiger partial charge >= 0.3 is 0 Å². The highest BCUT2D eigenvalue weighted by Gasteiger charge is 2.24. The van der Waals surface area contributed by atoms with E-state index in [0.717, 1.165) is 31.3 Å². The highest BCUT2D eigenvalue weighted by Crippen LogP contribution is 2.33. The van der Waals surface area contributed by atoms with E-state index in [-0.39, 0.29) is 5.91 Å². The number of aliphatic imine (C=N–C) groups is 1. The van der Waals surface area contributed by atoms with E-state index in [1.807, 2.05) is 73.7 Å². The second-order valence-corrected chi connectivity index (χ2v) is 10.2. The third kappa shape index (κ3) is 5.64. The number of amides is 1. The first-order valence-corrected chi connectivity index (χ1v) is 12.4. The quantitative estimate of drug-likeness (QED) is 0.310. The van der Waals surface area contributed by atoms with E-state index in [1.54, 1.807) is 0 Å². The van der Waals surface area contributed by atoms with Crippen LogP contribution in [0.2, 0.25) is 5.02 Å². The topological polar surface area (TPSA) is 50.7 Å². The Hall–Kier alpha value is -2.06. The molecule has 0 unspecified atom stereocenters. The molecular weight excluding hydrogens is 576 g/mol. The van der Waals surface area contributed by atoms with Crippen molar-refractivity contribution in [3.8, 4) is 5.75 Å². The fourth-order valence-corrected chi connectivity index (χ4v) is 4.59. The predicted octanol–water partition coefficient (Wildman–Crippen LogP) is 7.64. The number of hydrogen-bond acceptors (Lipinski definition) is 4. The third-order valence-electron chi connectivity index (χ3n) is 4.68. The van der Waals surface area contributed by atoms with Crippen LogP contribution in [0, 0.1) is 6.92 Å². The molecule has 0 radical (unpaired) electrons. The van der Waals surface area contributed by atoms with Crippen molar-refractivity contribution < 1.29 is 9.53 Å². The van der Waals surface area contributed by atoms with Crippen molar-refractivity contribution in [1.29, 1.82) is 0 Å².